The van der Waals surface area contributed by atoms with Crippen LogP contribution in [0, 0.1) is 0 Å². The lowest BCUT2D eigenvalue weighted by Gasteiger charge is -2.08. The van der Waals surface area contributed by atoms with Crippen LogP contribution in [0.15, 0.2) is 47.6 Å². The summed E-state index contributed by atoms with van der Waals surface area (Å²) >= 11 is 0. The summed E-state index contributed by atoms with van der Waals surface area (Å²) < 4.78 is 16.0. The van der Waals surface area contributed by atoms with Gasteiger partial charge in [0.2, 0.25) is 0 Å². The van der Waals surface area contributed by atoms with E-state index in [9.17, 15) is 9.90 Å². The maximum absolute atomic E-state index is 11.8. The molecule has 144 valence electrons. The summed E-state index contributed by atoms with van der Waals surface area (Å²) in [6.45, 7) is 2.63. The van der Waals surface area contributed by atoms with Gasteiger partial charge in [-0.1, -0.05) is 13.3 Å². The number of phenols is 1. The van der Waals surface area contributed by atoms with E-state index in [2.05, 4.69) is 17.5 Å². The lowest BCUT2D eigenvalue weighted by molar-refractivity contribution is -0.123. The Labute approximate surface area is 158 Å². The highest BCUT2D eigenvalue weighted by molar-refractivity contribution is 5.83. The third-order valence-electron chi connectivity index (χ3n) is 3.57. The largest absolute Gasteiger partial charge is 0.504 e. The molecule has 0 aliphatic heterocycles. The molecule has 1 amide bonds. The molecule has 0 aromatic heterocycles. The van der Waals surface area contributed by atoms with Crippen molar-refractivity contribution in [2.24, 2.45) is 5.10 Å². The number of nitrogens with zero attached hydrogens (tertiary/aromatic N) is 1. The molecule has 2 N–H and O–H groups in total. The van der Waals surface area contributed by atoms with Crippen molar-refractivity contribution in [3.05, 3.63) is 48.0 Å². The number of ether oxygens (including phenoxy) is 3. The van der Waals surface area contributed by atoms with E-state index in [-0.39, 0.29) is 18.3 Å². The number of unbranched alkanes of at least 4 members (excludes halogenated alkanes) is 1. The van der Waals surface area contributed by atoms with Gasteiger partial charge in [-0.05, 0) is 54.4 Å². The van der Waals surface area contributed by atoms with Gasteiger partial charge in [-0.25, -0.2) is 5.43 Å². The number of rotatable bonds is 10. The number of carbonyl (C=O) groups is 1. The lowest BCUT2D eigenvalue weighted by atomic mass is 10.2. The zero-order valence-corrected chi connectivity index (χ0v) is 15.5. The predicted molar refractivity (Wildman–Crippen MR) is 103 cm³/mol. The zero-order chi connectivity index (χ0) is 19.5. The minimum absolute atomic E-state index is 0.0360. The molecule has 7 nitrogen and oxygen atoms in total. The molecule has 2 aromatic rings. The van der Waals surface area contributed by atoms with Crippen molar-refractivity contribution in [1.82, 2.24) is 5.43 Å². The SMILES string of the molecule is CCCCOc1ccc(OCC(=O)N/N=C/c2ccc(O)c(OC)c2)cc1. The number of benzene rings is 2. The average molecular weight is 372 g/mol. The first-order valence-electron chi connectivity index (χ1n) is 8.67. The Morgan fingerprint density at radius 3 is 2.52 bits per heavy atom. The molecule has 0 heterocycles. The van der Waals surface area contributed by atoms with Crippen molar-refractivity contribution in [2.75, 3.05) is 20.3 Å². The van der Waals surface area contributed by atoms with Crippen LogP contribution in [0.1, 0.15) is 25.3 Å². The normalized spacial score (nSPS) is 10.6. The van der Waals surface area contributed by atoms with Crippen LogP contribution in [-0.4, -0.2) is 37.6 Å². The minimum Gasteiger partial charge on any atom is -0.504 e. The number of carbonyl (C=O) groups excluding carboxylic acids is 1. The van der Waals surface area contributed by atoms with Crippen molar-refractivity contribution >= 4 is 12.1 Å². The van der Waals surface area contributed by atoms with Crippen LogP contribution in [0.3, 0.4) is 0 Å². The molecule has 0 aliphatic rings. The summed E-state index contributed by atoms with van der Waals surface area (Å²) in [6.07, 6.45) is 3.54. The maximum atomic E-state index is 11.8. The van der Waals surface area contributed by atoms with Gasteiger partial charge in [-0.2, -0.15) is 5.10 Å². The zero-order valence-electron chi connectivity index (χ0n) is 15.5. The highest BCUT2D eigenvalue weighted by Gasteiger charge is 2.03. The van der Waals surface area contributed by atoms with Gasteiger partial charge >= 0.3 is 0 Å². The molecular weight excluding hydrogens is 348 g/mol. The van der Waals surface area contributed by atoms with Crippen LogP contribution in [-0.2, 0) is 4.79 Å². The molecule has 0 unspecified atom stereocenters. The average Bonchev–Trinajstić information content (AvgIpc) is 2.69. The number of phenolic OH excluding ortho intramolecular Hbond substituents is 1. The summed E-state index contributed by atoms with van der Waals surface area (Å²) in [5.74, 6) is 1.32. The van der Waals surface area contributed by atoms with Crippen LogP contribution in [0.4, 0.5) is 0 Å². The summed E-state index contributed by atoms with van der Waals surface area (Å²) in [4.78, 5) is 11.8. The van der Waals surface area contributed by atoms with E-state index >= 15 is 0 Å². The topological polar surface area (TPSA) is 89.4 Å². The Hall–Kier alpha value is -3.22. The van der Waals surface area contributed by atoms with E-state index in [0.717, 1.165) is 18.6 Å². The first-order valence-corrected chi connectivity index (χ1v) is 8.67. The highest BCUT2D eigenvalue weighted by Crippen LogP contribution is 2.25. The van der Waals surface area contributed by atoms with Crippen LogP contribution in [0.2, 0.25) is 0 Å². The third kappa shape index (κ3) is 6.89. The fourth-order valence-electron chi connectivity index (χ4n) is 2.10. The smallest absolute Gasteiger partial charge is 0.277 e. The second-order valence-electron chi connectivity index (χ2n) is 5.69. The highest BCUT2D eigenvalue weighted by atomic mass is 16.5. The number of amides is 1. The molecule has 0 fully saturated rings. The summed E-state index contributed by atoms with van der Waals surface area (Å²) in [5, 5.41) is 13.4. The molecule has 27 heavy (non-hydrogen) atoms. The first kappa shape index (κ1) is 20.1. The van der Waals surface area contributed by atoms with Gasteiger partial charge in [0.15, 0.2) is 18.1 Å². The van der Waals surface area contributed by atoms with Gasteiger partial charge in [0.05, 0.1) is 19.9 Å². The minimum atomic E-state index is -0.389. The number of nitrogens with one attached hydrogen (secondary N) is 1. The number of hydrogen-bond acceptors (Lipinski definition) is 6. The standard InChI is InChI=1S/C20H24N2O5/c1-3-4-11-26-16-6-8-17(9-7-16)27-14-20(24)22-21-13-15-5-10-18(23)19(12-15)25-2/h5-10,12-13,23H,3-4,11,14H2,1-2H3,(H,22,24)/b21-13+. The predicted octanol–water partition coefficient (Wildman–Crippen LogP) is 3.11. The van der Waals surface area contributed by atoms with Crippen LogP contribution >= 0.6 is 0 Å². The quantitative estimate of drug-likeness (QED) is 0.380. The molecule has 0 bridgehead atoms. The number of hydrazone groups is 1. The van der Waals surface area contributed by atoms with Crippen molar-refractivity contribution < 1.29 is 24.1 Å². The molecule has 0 saturated heterocycles. The molecule has 0 saturated carbocycles. The second-order valence-corrected chi connectivity index (χ2v) is 5.69. The van der Waals surface area contributed by atoms with Crippen LogP contribution in [0.25, 0.3) is 0 Å². The van der Waals surface area contributed by atoms with Gasteiger partial charge in [0.1, 0.15) is 11.5 Å². The van der Waals surface area contributed by atoms with Crippen molar-refractivity contribution in [3.63, 3.8) is 0 Å². The van der Waals surface area contributed by atoms with Crippen LogP contribution < -0.4 is 19.6 Å². The summed E-state index contributed by atoms with van der Waals surface area (Å²) in [7, 11) is 1.46. The van der Waals surface area contributed by atoms with E-state index in [0.29, 0.717) is 23.7 Å². The fourth-order valence-corrected chi connectivity index (χ4v) is 2.10. The Bertz CT molecular complexity index is 759. The Morgan fingerprint density at radius 2 is 1.85 bits per heavy atom. The number of aromatic hydroxyl groups is 1. The van der Waals surface area contributed by atoms with Gasteiger partial charge in [0, 0.05) is 0 Å². The maximum Gasteiger partial charge on any atom is 0.277 e. The van der Waals surface area contributed by atoms with Gasteiger partial charge < -0.3 is 19.3 Å². The van der Waals surface area contributed by atoms with Crippen molar-refractivity contribution in [1.29, 1.82) is 0 Å². The molecular formula is C20H24N2O5. The first-order chi connectivity index (χ1) is 13.1. The molecule has 0 atom stereocenters. The molecule has 0 aliphatic carbocycles. The molecule has 2 aromatic carbocycles. The van der Waals surface area contributed by atoms with Crippen molar-refractivity contribution in [2.45, 2.75) is 19.8 Å². The molecule has 2 rings (SSSR count). The van der Waals surface area contributed by atoms with Gasteiger partial charge in [-0.3, -0.25) is 4.79 Å². The molecule has 0 spiro atoms. The Kier molecular flexibility index (Phi) is 7.96. The number of methoxy groups -OCH3 is 1. The fraction of sp³-hybridized carbons (Fsp3) is 0.300. The Balaban J connectivity index is 1.75. The molecule has 7 heteroatoms. The summed E-state index contributed by atoms with van der Waals surface area (Å²) in [6, 6.07) is 11.8. The van der Waals surface area contributed by atoms with E-state index in [1.54, 1.807) is 36.4 Å². The molecule has 0 radical (unpaired) electrons. The Morgan fingerprint density at radius 1 is 1.15 bits per heavy atom. The monoisotopic (exact) mass is 372 g/mol. The third-order valence-corrected chi connectivity index (χ3v) is 3.57. The van der Waals surface area contributed by atoms with Gasteiger partial charge in [-0.15, -0.1) is 0 Å². The van der Waals surface area contributed by atoms with Gasteiger partial charge in [0.25, 0.3) is 5.91 Å². The van der Waals surface area contributed by atoms with E-state index in [1.807, 2.05) is 0 Å². The summed E-state index contributed by atoms with van der Waals surface area (Å²) in [5.41, 5.74) is 3.05. The van der Waals surface area contributed by atoms with Crippen LogP contribution in [0.5, 0.6) is 23.0 Å². The second kappa shape index (κ2) is 10.7. The lowest BCUT2D eigenvalue weighted by Crippen LogP contribution is -2.24. The van der Waals surface area contributed by atoms with E-state index < -0.39 is 0 Å². The van der Waals surface area contributed by atoms with E-state index in [4.69, 9.17) is 14.2 Å². The van der Waals surface area contributed by atoms with Crippen molar-refractivity contribution in [3.8, 4) is 23.0 Å². The van der Waals surface area contributed by atoms with E-state index in [1.165, 1.54) is 19.4 Å². The number of hydrogen-bond donors (Lipinski definition) is 2.